The molecule has 1 unspecified atom stereocenters. The summed E-state index contributed by atoms with van der Waals surface area (Å²) < 4.78 is 17.0. The number of hydrogen-bond donors (Lipinski definition) is 0. The molecule has 1 saturated heterocycles. The van der Waals surface area contributed by atoms with Crippen LogP contribution in [0.1, 0.15) is 25.7 Å². The Hall–Kier alpha value is -0.810. The Labute approximate surface area is 107 Å². The van der Waals surface area contributed by atoms with Gasteiger partial charge in [0.05, 0.1) is 13.2 Å². The summed E-state index contributed by atoms with van der Waals surface area (Å²) in [7, 11) is 3.43. The zero-order valence-electron chi connectivity index (χ0n) is 11.1. The molecule has 3 rings (SSSR count). The Morgan fingerprint density at radius 3 is 2.22 bits per heavy atom. The molecule has 5 heteroatoms. The van der Waals surface area contributed by atoms with Crippen LogP contribution in [0.5, 0.6) is 0 Å². The van der Waals surface area contributed by atoms with E-state index in [1.165, 1.54) is 4.90 Å². The Morgan fingerprint density at radius 1 is 1.17 bits per heavy atom. The highest BCUT2D eigenvalue weighted by Crippen LogP contribution is 2.52. The van der Waals surface area contributed by atoms with Crippen LogP contribution >= 0.6 is 0 Å². The molecule has 1 heterocycles. The number of ether oxygens (including phenoxy) is 3. The van der Waals surface area contributed by atoms with E-state index in [2.05, 4.69) is 0 Å². The third kappa shape index (κ3) is 2.10. The number of nitrogens with zero attached hydrogens (tertiary/aromatic N) is 1. The van der Waals surface area contributed by atoms with Gasteiger partial charge in [0.15, 0.2) is 5.79 Å². The van der Waals surface area contributed by atoms with Crippen molar-refractivity contribution in [2.45, 2.75) is 37.6 Å². The van der Waals surface area contributed by atoms with Crippen LogP contribution in [0.2, 0.25) is 0 Å². The number of carbonyl (C=O) groups excluding carboxylic acids is 1. The van der Waals surface area contributed by atoms with Gasteiger partial charge in [0.25, 0.3) is 0 Å². The molecule has 3 atom stereocenters. The second kappa shape index (κ2) is 4.38. The fourth-order valence-corrected chi connectivity index (χ4v) is 3.62. The highest BCUT2D eigenvalue weighted by molar-refractivity contribution is 5.67. The summed E-state index contributed by atoms with van der Waals surface area (Å²) in [6.45, 7) is 1.44. The zero-order chi connectivity index (χ0) is 12.8. The van der Waals surface area contributed by atoms with Crippen LogP contribution in [0, 0.1) is 11.8 Å². The van der Waals surface area contributed by atoms with E-state index >= 15 is 0 Å². The maximum Gasteiger partial charge on any atom is 0.409 e. The number of rotatable bonds is 1. The van der Waals surface area contributed by atoms with Gasteiger partial charge >= 0.3 is 6.09 Å². The first-order valence-electron chi connectivity index (χ1n) is 6.74. The molecular weight excluding hydrogens is 234 g/mol. The monoisotopic (exact) mass is 255 g/mol. The molecule has 0 aromatic carbocycles. The van der Waals surface area contributed by atoms with Crippen molar-refractivity contribution < 1.29 is 19.0 Å². The lowest BCUT2D eigenvalue weighted by molar-refractivity contribution is -0.156. The van der Waals surface area contributed by atoms with Crippen molar-refractivity contribution in [1.29, 1.82) is 0 Å². The highest BCUT2D eigenvalue weighted by atomic mass is 16.7. The molecule has 102 valence electrons. The summed E-state index contributed by atoms with van der Waals surface area (Å²) in [5.74, 6) is 0.873. The van der Waals surface area contributed by atoms with Crippen LogP contribution in [-0.4, -0.2) is 50.2 Å². The highest BCUT2D eigenvalue weighted by Gasteiger charge is 2.53. The maximum absolute atomic E-state index is 11.5. The maximum atomic E-state index is 11.5. The van der Waals surface area contributed by atoms with Crippen molar-refractivity contribution in [3.8, 4) is 0 Å². The third-order valence-corrected chi connectivity index (χ3v) is 4.39. The van der Waals surface area contributed by atoms with Crippen molar-refractivity contribution in [2.75, 3.05) is 27.3 Å². The first kappa shape index (κ1) is 12.2. The van der Waals surface area contributed by atoms with E-state index in [0.29, 0.717) is 11.8 Å². The number of fused-ring (bicyclic) bond motifs is 1. The largest absolute Gasteiger partial charge is 0.446 e. The van der Waals surface area contributed by atoms with Crippen LogP contribution in [0.15, 0.2) is 0 Å². The summed E-state index contributed by atoms with van der Waals surface area (Å²) in [4.78, 5) is 13.0. The fraction of sp³-hybridized carbons (Fsp3) is 0.923. The minimum absolute atomic E-state index is 0.0775. The number of amides is 1. The van der Waals surface area contributed by atoms with Gasteiger partial charge in [-0.15, -0.1) is 0 Å². The van der Waals surface area contributed by atoms with Gasteiger partial charge in [-0.1, -0.05) is 0 Å². The lowest BCUT2D eigenvalue weighted by Gasteiger charge is -2.24. The van der Waals surface area contributed by atoms with E-state index in [-0.39, 0.29) is 18.0 Å². The molecule has 1 aliphatic heterocycles. The molecule has 0 aromatic heterocycles. The normalized spacial score (nSPS) is 36.9. The Balaban J connectivity index is 1.55. The van der Waals surface area contributed by atoms with Crippen LogP contribution in [0.25, 0.3) is 0 Å². The summed E-state index contributed by atoms with van der Waals surface area (Å²) >= 11 is 0. The van der Waals surface area contributed by atoms with E-state index in [1.807, 2.05) is 0 Å². The smallest absolute Gasteiger partial charge is 0.409 e. The fourth-order valence-electron chi connectivity index (χ4n) is 3.62. The molecule has 5 nitrogen and oxygen atoms in total. The summed E-state index contributed by atoms with van der Waals surface area (Å²) in [5.41, 5.74) is 0. The quantitative estimate of drug-likeness (QED) is 0.714. The van der Waals surface area contributed by atoms with Crippen LogP contribution in [-0.2, 0) is 14.2 Å². The predicted molar refractivity (Wildman–Crippen MR) is 64.0 cm³/mol. The van der Waals surface area contributed by atoms with E-state index in [9.17, 15) is 4.79 Å². The lowest BCUT2D eigenvalue weighted by Crippen LogP contribution is -2.30. The van der Waals surface area contributed by atoms with E-state index in [0.717, 1.165) is 38.9 Å². The van der Waals surface area contributed by atoms with Crippen molar-refractivity contribution in [2.24, 2.45) is 11.8 Å². The van der Waals surface area contributed by atoms with E-state index in [4.69, 9.17) is 14.2 Å². The van der Waals surface area contributed by atoms with Crippen LogP contribution < -0.4 is 0 Å². The minimum Gasteiger partial charge on any atom is -0.446 e. The van der Waals surface area contributed by atoms with Gasteiger partial charge in [-0.3, -0.25) is 0 Å². The van der Waals surface area contributed by atoms with Gasteiger partial charge in [-0.05, 0) is 24.7 Å². The Bertz CT molecular complexity index is 322. The third-order valence-electron chi connectivity index (χ3n) is 4.39. The predicted octanol–water partition coefficient (Wildman–Crippen LogP) is 1.62. The molecule has 3 aliphatic rings. The standard InChI is InChI=1S/C13H21NO4/c1-14(2)12(15)18-11-5-9-7-13(8-10(9)6-11)16-3-4-17-13/h9-11H,3-8H2,1-2H3/t9-,10+,11?. The van der Waals surface area contributed by atoms with Gasteiger partial charge < -0.3 is 19.1 Å². The van der Waals surface area contributed by atoms with Crippen LogP contribution in [0.3, 0.4) is 0 Å². The molecule has 0 N–H and O–H groups in total. The summed E-state index contributed by atoms with van der Waals surface area (Å²) in [6, 6.07) is 0. The molecule has 1 spiro atoms. The van der Waals surface area contributed by atoms with Crippen molar-refractivity contribution in [3.05, 3.63) is 0 Å². The van der Waals surface area contributed by atoms with Crippen molar-refractivity contribution >= 4 is 6.09 Å². The molecule has 0 radical (unpaired) electrons. The molecule has 18 heavy (non-hydrogen) atoms. The second-order valence-corrected chi connectivity index (χ2v) is 5.91. The van der Waals surface area contributed by atoms with Gasteiger partial charge in [0.2, 0.25) is 0 Å². The van der Waals surface area contributed by atoms with Gasteiger partial charge in [0.1, 0.15) is 6.10 Å². The van der Waals surface area contributed by atoms with Gasteiger partial charge in [0, 0.05) is 26.9 Å². The van der Waals surface area contributed by atoms with Crippen LogP contribution in [0.4, 0.5) is 4.79 Å². The van der Waals surface area contributed by atoms with Gasteiger partial charge in [-0.2, -0.15) is 0 Å². The molecule has 3 fully saturated rings. The zero-order valence-corrected chi connectivity index (χ0v) is 11.1. The first-order chi connectivity index (χ1) is 8.58. The van der Waals surface area contributed by atoms with Gasteiger partial charge in [-0.25, -0.2) is 4.79 Å². The molecular formula is C13H21NO4. The Morgan fingerprint density at radius 2 is 1.72 bits per heavy atom. The summed E-state index contributed by atoms with van der Waals surface area (Å²) in [6.07, 6.45) is 3.69. The molecule has 0 bridgehead atoms. The summed E-state index contributed by atoms with van der Waals surface area (Å²) in [5, 5.41) is 0. The average Bonchev–Trinajstić information content (AvgIpc) is 2.95. The first-order valence-corrected chi connectivity index (χ1v) is 6.74. The molecule has 0 aromatic rings. The molecule has 2 saturated carbocycles. The second-order valence-electron chi connectivity index (χ2n) is 5.91. The topological polar surface area (TPSA) is 48.0 Å². The molecule has 2 aliphatic carbocycles. The lowest BCUT2D eigenvalue weighted by atomic mass is 10.0. The van der Waals surface area contributed by atoms with E-state index < -0.39 is 0 Å². The van der Waals surface area contributed by atoms with Crippen molar-refractivity contribution in [3.63, 3.8) is 0 Å². The van der Waals surface area contributed by atoms with Crippen molar-refractivity contribution in [1.82, 2.24) is 4.90 Å². The minimum atomic E-state index is -0.300. The number of hydrogen-bond acceptors (Lipinski definition) is 4. The molecule has 1 amide bonds. The average molecular weight is 255 g/mol. The van der Waals surface area contributed by atoms with E-state index in [1.54, 1.807) is 14.1 Å². The SMILES string of the molecule is CN(C)C(=O)OC1C[C@@H]2CC3(C[C@@H]2C1)OCCO3. The Kier molecular flexibility index (Phi) is 2.98. The number of carbonyl (C=O) groups is 1.